The molecule has 0 spiro atoms. The molecule has 2 unspecified atom stereocenters. The first-order valence-corrected chi connectivity index (χ1v) is 11.1. The van der Waals surface area contributed by atoms with Crippen molar-refractivity contribution in [2.45, 2.75) is 32.2 Å². The summed E-state index contributed by atoms with van der Waals surface area (Å²) in [6, 6.07) is 15.9. The van der Waals surface area contributed by atoms with Crippen LogP contribution < -0.4 is 10.0 Å². The highest BCUT2D eigenvalue weighted by Crippen LogP contribution is 2.54. The van der Waals surface area contributed by atoms with Crippen LogP contribution in [0.3, 0.4) is 0 Å². The highest BCUT2D eigenvalue weighted by Gasteiger charge is 2.43. The van der Waals surface area contributed by atoms with E-state index in [2.05, 4.69) is 0 Å². The van der Waals surface area contributed by atoms with E-state index in [1.807, 2.05) is 37.3 Å². The van der Waals surface area contributed by atoms with Crippen LogP contribution in [0.2, 0.25) is 0 Å². The number of ether oxygens (including phenoxy) is 2. The Balaban J connectivity index is 1.86. The van der Waals surface area contributed by atoms with Crippen molar-refractivity contribution < 1.29 is 23.4 Å². The lowest BCUT2D eigenvalue weighted by atomic mass is 10.1. The molecule has 0 radical (unpaired) electrons. The van der Waals surface area contributed by atoms with Gasteiger partial charge in [0.15, 0.2) is 0 Å². The predicted molar refractivity (Wildman–Crippen MR) is 108 cm³/mol. The molecule has 6 nitrogen and oxygen atoms in total. The molecule has 1 fully saturated rings. The number of hydrogen-bond donors (Lipinski definition) is 0. The summed E-state index contributed by atoms with van der Waals surface area (Å²) in [5.74, 6) is 0.992. The summed E-state index contributed by atoms with van der Waals surface area (Å²) in [5, 5.41) is 0.553. The maximum Gasteiger partial charge on any atom is 0.323 e. The van der Waals surface area contributed by atoms with E-state index in [0.717, 1.165) is 18.6 Å². The van der Waals surface area contributed by atoms with Gasteiger partial charge in [-0.15, -0.1) is 0 Å². The maximum absolute atomic E-state index is 13.8. The molecule has 0 N–H and O–H groups in total. The van der Waals surface area contributed by atoms with Crippen molar-refractivity contribution in [2.75, 3.05) is 20.3 Å². The predicted octanol–water partition coefficient (Wildman–Crippen LogP) is 4.36. The molecule has 150 valence electrons. The van der Waals surface area contributed by atoms with Crippen molar-refractivity contribution in [1.82, 2.24) is 4.67 Å². The number of benzene rings is 2. The highest BCUT2D eigenvalue weighted by atomic mass is 31.2. The van der Waals surface area contributed by atoms with Crippen LogP contribution in [0.25, 0.3) is 0 Å². The number of esters is 1. The molecule has 0 saturated carbocycles. The lowest BCUT2D eigenvalue weighted by Crippen LogP contribution is -2.45. The third kappa shape index (κ3) is 4.46. The second-order valence-corrected chi connectivity index (χ2v) is 8.94. The van der Waals surface area contributed by atoms with Crippen molar-refractivity contribution in [3.63, 3.8) is 0 Å². The summed E-state index contributed by atoms with van der Waals surface area (Å²) in [6.45, 7) is 2.91. The maximum atomic E-state index is 13.8. The van der Waals surface area contributed by atoms with E-state index in [1.54, 1.807) is 28.9 Å². The minimum absolute atomic E-state index is 0.378. The van der Waals surface area contributed by atoms with Gasteiger partial charge in [-0.1, -0.05) is 31.5 Å². The lowest BCUT2D eigenvalue weighted by molar-refractivity contribution is -0.145. The van der Waals surface area contributed by atoms with Crippen LogP contribution >= 0.6 is 7.52 Å². The number of carbonyl (C=O) groups excluding carboxylic acids is 1. The van der Waals surface area contributed by atoms with Gasteiger partial charge in [0.05, 0.1) is 19.0 Å². The molecule has 1 heterocycles. The molecule has 0 bridgehead atoms. The van der Waals surface area contributed by atoms with E-state index in [0.29, 0.717) is 30.6 Å². The third-order valence-electron chi connectivity index (χ3n) is 4.67. The van der Waals surface area contributed by atoms with E-state index < -0.39 is 13.6 Å². The SMILES string of the molecule is CCCC(C(=O)OC)N1CCCOP1(=O)c1ccc(Oc2ccccc2)cc1. The molecule has 2 atom stereocenters. The van der Waals surface area contributed by atoms with Gasteiger partial charge >= 0.3 is 13.5 Å². The first-order valence-electron chi connectivity index (χ1n) is 9.51. The molecule has 0 aliphatic carbocycles. The third-order valence-corrected chi connectivity index (χ3v) is 7.31. The van der Waals surface area contributed by atoms with E-state index in [1.165, 1.54) is 7.11 Å². The van der Waals surface area contributed by atoms with Crippen LogP contribution in [0.1, 0.15) is 26.2 Å². The van der Waals surface area contributed by atoms with Gasteiger partial charge in [-0.2, -0.15) is 0 Å². The number of hydrogen-bond acceptors (Lipinski definition) is 5. The minimum atomic E-state index is -3.35. The average Bonchev–Trinajstić information content (AvgIpc) is 2.73. The van der Waals surface area contributed by atoms with Gasteiger partial charge < -0.3 is 14.0 Å². The quantitative estimate of drug-likeness (QED) is 0.506. The summed E-state index contributed by atoms with van der Waals surface area (Å²) >= 11 is 0. The Labute approximate surface area is 165 Å². The van der Waals surface area contributed by atoms with Crippen LogP contribution in [-0.2, 0) is 18.6 Å². The summed E-state index contributed by atoms with van der Waals surface area (Å²) in [4.78, 5) is 12.3. The summed E-state index contributed by atoms with van der Waals surface area (Å²) in [6.07, 6.45) is 2.06. The molecule has 2 aromatic carbocycles. The monoisotopic (exact) mass is 403 g/mol. The van der Waals surface area contributed by atoms with Gasteiger partial charge in [0.25, 0.3) is 0 Å². The molecular weight excluding hydrogens is 377 g/mol. The number of methoxy groups -OCH3 is 1. The van der Waals surface area contributed by atoms with Crippen molar-refractivity contribution in [3.05, 3.63) is 54.6 Å². The summed E-state index contributed by atoms with van der Waals surface area (Å²) in [5.41, 5.74) is 0. The van der Waals surface area contributed by atoms with E-state index in [9.17, 15) is 9.36 Å². The van der Waals surface area contributed by atoms with Crippen LogP contribution in [0.15, 0.2) is 54.6 Å². The van der Waals surface area contributed by atoms with Crippen LogP contribution in [0.4, 0.5) is 0 Å². The molecule has 28 heavy (non-hydrogen) atoms. The summed E-state index contributed by atoms with van der Waals surface area (Å²) < 4.78 is 32.1. The zero-order chi connectivity index (χ0) is 20.0. The van der Waals surface area contributed by atoms with E-state index in [-0.39, 0.29) is 5.97 Å². The molecule has 0 amide bonds. The van der Waals surface area contributed by atoms with E-state index >= 15 is 0 Å². The molecule has 7 heteroatoms. The second kappa shape index (κ2) is 9.37. The van der Waals surface area contributed by atoms with Gasteiger partial charge in [0.2, 0.25) is 0 Å². The Hall–Kier alpha value is -2.14. The number of nitrogens with zero attached hydrogens (tertiary/aromatic N) is 1. The smallest absolute Gasteiger partial charge is 0.323 e. The molecular formula is C21H26NO5P. The van der Waals surface area contributed by atoms with Crippen LogP contribution in [0, 0.1) is 0 Å². The van der Waals surface area contributed by atoms with Crippen molar-refractivity contribution >= 4 is 18.8 Å². The fourth-order valence-corrected chi connectivity index (χ4v) is 5.79. The molecule has 0 aromatic heterocycles. The Morgan fingerprint density at radius 3 is 2.46 bits per heavy atom. The molecule has 1 aliphatic heterocycles. The Bertz CT molecular complexity index is 824. The zero-order valence-corrected chi connectivity index (χ0v) is 17.1. The summed E-state index contributed by atoms with van der Waals surface area (Å²) in [7, 11) is -2.00. The standard InChI is InChI=1S/C21H26NO5P/c1-3-8-20(21(23)25-2)22-15-7-16-26-28(22,24)19-13-11-18(12-14-19)27-17-9-5-4-6-10-17/h4-6,9-14,20H,3,7-8,15-16H2,1-2H3. The Morgan fingerprint density at radius 1 is 1.14 bits per heavy atom. The molecule has 1 saturated heterocycles. The van der Waals surface area contributed by atoms with Crippen molar-refractivity contribution in [3.8, 4) is 11.5 Å². The van der Waals surface area contributed by atoms with Crippen LogP contribution in [-0.4, -0.2) is 36.9 Å². The van der Waals surface area contributed by atoms with Crippen molar-refractivity contribution in [1.29, 1.82) is 0 Å². The first-order chi connectivity index (χ1) is 13.6. The zero-order valence-electron chi connectivity index (χ0n) is 16.2. The lowest BCUT2D eigenvalue weighted by Gasteiger charge is -2.39. The number of rotatable bonds is 7. The normalized spacial score (nSPS) is 21.1. The Kier molecular flexibility index (Phi) is 6.89. The average molecular weight is 403 g/mol. The Morgan fingerprint density at radius 2 is 1.82 bits per heavy atom. The number of para-hydroxylation sites is 1. The van der Waals surface area contributed by atoms with Gasteiger partial charge in [0.1, 0.15) is 17.5 Å². The van der Waals surface area contributed by atoms with Gasteiger partial charge in [-0.3, -0.25) is 9.36 Å². The van der Waals surface area contributed by atoms with Crippen LogP contribution in [0.5, 0.6) is 11.5 Å². The van der Waals surface area contributed by atoms with Gasteiger partial charge in [-0.25, -0.2) is 4.67 Å². The second-order valence-electron chi connectivity index (χ2n) is 6.61. The fraction of sp³-hybridized carbons (Fsp3) is 0.381. The molecule has 2 aromatic rings. The van der Waals surface area contributed by atoms with Gasteiger partial charge in [0, 0.05) is 6.54 Å². The topological polar surface area (TPSA) is 65.1 Å². The molecule has 3 rings (SSSR count). The first kappa shape index (κ1) is 20.6. The largest absolute Gasteiger partial charge is 0.468 e. The fourth-order valence-electron chi connectivity index (χ4n) is 3.31. The van der Waals surface area contributed by atoms with Gasteiger partial charge in [-0.05, 0) is 49.2 Å². The van der Waals surface area contributed by atoms with E-state index in [4.69, 9.17) is 14.0 Å². The minimum Gasteiger partial charge on any atom is -0.468 e. The number of carbonyl (C=O) groups is 1. The van der Waals surface area contributed by atoms with Crippen molar-refractivity contribution in [2.24, 2.45) is 0 Å². The highest BCUT2D eigenvalue weighted by molar-refractivity contribution is 7.64. The molecule has 1 aliphatic rings.